The molecule has 0 unspecified atom stereocenters. The molecule has 6 heteroatoms. The maximum absolute atomic E-state index is 13.2. The number of hydrogen-bond donors (Lipinski definition) is 0. The lowest BCUT2D eigenvalue weighted by Gasteiger charge is -2.04. The molecule has 0 N–H and O–H groups in total. The maximum atomic E-state index is 13.2. The largest absolute Gasteiger partial charge is 0.421 e. The summed E-state index contributed by atoms with van der Waals surface area (Å²) in [6.45, 7) is 0. The number of ether oxygens (including phenoxy) is 1. The first-order valence-corrected chi connectivity index (χ1v) is 5.33. The van der Waals surface area contributed by atoms with Crippen LogP contribution < -0.4 is 4.74 Å². The second-order valence-electron chi connectivity index (χ2n) is 2.86. The van der Waals surface area contributed by atoms with E-state index in [9.17, 15) is 8.78 Å². The van der Waals surface area contributed by atoms with Gasteiger partial charge in [-0.2, -0.15) is 0 Å². The van der Waals surface area contributed by atoms with Crippen molar-refractivity contribution in [2.24, 2.45) is 0 Å². The van der Waals surface area contributed by atoms with Crippen molar-refractivity contribution in [3.63, 3.8) is 0 Å². The van der Waals surface area contributed by atoms with Gasteiger partial charge in [-0.3, -0.25) is 0 Å². The zero-order chi connectivity index (χ0) is 11.5. The molecule has 0 radical (unpaired) electrons. The van der Waals surface area contributed by atoms with Gasteiger partial charge in [-0.05, 0) is 34.7 Å². The van der Waals surface area contributed by atoms with Crippen molar-refractivity contribution in [1.29, 1.82) is 0 Å². The Morgan fingerprint density at radius 2 is 1.81 bits per heavy atom. The van der Waals surface area contributed by atoms with E-state index in [0.29, 0.717) is 0 Å². The van der Waals surface area contributed by atoms with Crippen molar-refractivity contribution in [3.05, 3.63) is 45.8 Å². The molecule has 82 valence electrons. The molecule has 2 aromatic rings. The number of halogens is 3. The van der Waals surface area contributed by atoms with Crippen molar-refractivity contribution < 1.29 is 13.5 Å². The maximum Gasteiger partial charge on any atom is 0.322 e. The molecule has 1 aromatic heterocycles. The molecule has 16 heavy (non-hydrogen) atoms. The lowest BCUT2D eigenvalue weighted by atomic mass is 10.3. The third-order valence-corrected chi connectivity index (χ3v) is 2.25. The van der Waals surface area contributed by atoms with E-state index >= 15 is 0 Å². The normalized spacial score (nSPS) is 10.2. The average molecular weight is 334 g/mol. The summed E-state index contributed by atoms with van der Waals surface area (Å²) in [5.41, 5.74) is 0. The Morgan fingerprint density at radius 3 is 2.44 bits per heavy atom. The molecular weight excluding hydrogens is 329 g/mol. The Balaban J connectivity index is 2.23. The van der Waals surface area contributed by atoms with Gasteiger partial charge in [0, 0.05) is 22.0 Å². The number of benzene rings is 1. The first-order valence-electron chi connectivity index (χ1n) is 4.25. The molecule has 0 amide bonds. The zero-order valence-electron chi connectivity index (χ0n) is 7.82. The van der Waals surface area contributed by atoms with Crippen LogP contribution in [0.1, 0.15) is 0 Å². The topological polar surface area (TPSA) is 35.0 Å². The van der Waals surface area contributed by atoms with Crippen LogP contribution in [0.15, 0.2) is 30.6 Å². The number of aromatic nitrogens is 2. The predicted molar refractivity (Wildman–Crippen MR) is 61.2 cm³/mol. The van der Waals surface area contributed by atoms with Crippen LogP contribution in [0.5, 0.6) is 11.8 Å². The monoisotopic (exact) mass is 334 g/mol. The summed E-state index contributed by atoms with van der Waals surface area (Å²) < 4.78 is 31.7. The first-order chi connectivity index (χ1) is 7.65. The fraction of sp³-hybridized carbons (Fsp3) is 0. The van der Waals surface area contributed by atoms with E-state index < -0.39 is 11.6 Å². The van der Waals surface area contributed by atoms with Crippen molar-refractivity contribution >= 4 is 22.6 Å². The third kappa shape index (κ3) is 2.63. The van der Waals surface area contributed by atoms with Crippen LogP contribution >= 0.6 is 22.6 Å². The van der Waals surface area contributed by atoms with Gasteiger partial charge in [0.2, 0.25) is 0 Å². The molecule has 0 aliphatic rings. The summed E-state index contributed by atoms with van der Waals surface area (Å²) in [5.74, 6) is -1.56. The highest BCUT2D eigenvalue weighted by Gasteiger charge is 2.07. The van der Waals surface area contributed by atoms with E-state index in [0.717, 1.165) is 15.7 Å². The van der Waals surface area contributed by atoms with Gasteiger partial charge in [-0.1, -0.05) is 0 Å². The van der Waals surface area contributed by atoms with Crippen molar-refractivity contribution in [1.82, 2.24) is 9.97 Å². The Bertz CT molecular complexity index is 505. The molecule has 1 aromatic carbocycles. The molecule has 0 bridgehead atoms. The summed E-state index contributed by atoms with van der Waals surface area (Å²) in [6, 6.07) is 3.05. The minimum Gasteiger partial charge on any atom is -0.421 e. The minimum absolute atomic E-state index is 0.0194. The van der Waals surface area contributed by atoms with Gasteiger partial charge in [0.15, 0.2) is 11.6 Å². The van der Waals surface area contributed by atoms with Crippen molar-refractivity contribution in [3.8, 4) is 11.8 Å². The van der Waals surface area contributed by atoms with Crippen LogP contribution in [-0.4, -0.2) is 9.97 Å². The van der Waals surface area contributed by atoms with E-state index in [1.807, 2.05) is 22.6 Å². The van der Waals surface area contributed by atoms with E-state index in [2.05, 4.69) is 9.97 Å². The van der Waals surface area contributed by atoms with Gasteiger partial charge in [-0.25, -0.2) is 18.7 Å². The van der Waals surface area contributed by atoms with Crippen LogP contribution in [0, 0.1) is 15.2 Å². The molecule has 0 fully saturated rings. The van der Waals surface area contributed by atoms with Crippen molar-refractivity contribution in [2.45, 2.75) is 0 Å². The summed E-state index contributed by atoms with van der Waals surface area (Å²) in [6.07, 6.45) is 3.06. The predicted octanol–water partition coefficient (Wildman–Crippen LogP) is 3.15. The second kappa shape index (κ2) is 4.69. The lowest BCUT2D eigenvalue weighted by Crippen LogP contribution is -1.94. The van der Waals surface area contributed by atoms with Gasteiger partial charge in [-0.15, -0.1) is 0 Å². The Kier molecular flexibility index (Phi) is 3.28. The molecule has 0 aliphatic heterocycles. The van der Waals surface area contributed by atoms with E-state index in [1.54, 1.807) is 0 Å². The van der Waals surface area contributed by atoms with Gasteiger partial charge in [0.25, 0.3) is 0 Å². The quantitative estimate of drug-likeness (QED) is 0.792. The van der Waals surface area contributed by atoms with E-state index in [4.69, 9.17) is 4.74 Å². The highest BCUT2D eigenvalue weighted by atomic mass is 127. The zero-order valence-corrected chi connectivity index (χ0v) is 9.98. The van der Waals surface area contributed by atoms with Crippen LogP contribution in [-0.2, 0) is 0 Å². The lowest BCUT2D eigenvalue weighted by molar-refractivity contribution is 0.407. The Hall–Kier alpha value is -1.31. The Morgan fingerprint density at radius 1 is 1.12 bits per heavy atom. The SMILES string of the molecule is Fc1ccc(Oc2ncc(I)cn2)c(F)c1. The van der Waals surface area contributed by atoms with Crippen LogP contribution in [0.25, 0.3) is 0 Å². The molecule has 0 saturated heterocycles. The summed E-state index contributed by atoms with van der Waals surface area (Å²) >= 11 is 2.03. The highest BCUT2D eigenvalue weighted by molar-refractivity contribution is 14.1. The van der Waals surface area contributed by atoms with Gasteiger partial charge in [0.05, 0.1) is 0 Å². The van der Waals surface area contributed by atoms with E-state index in [1.165, 1.54) is 18.5 Å². The van der Waals surface area contributed by atoms with Gasteiger partial charge < -0.3 is 4.74 Å². The summed E-state index contributed by atoms with van der Waals surface area (Å²) in [7, 11) is 0. The number of nitrogens with zero attached hydrogens (tertiary/aromatic N) is 2. The molecule has 1 heterocycles. The van der Waals surface area contributed by atoms with Crippen LogP contribution in [0.2, 0.25) is 0 Å². The Labute approximate surface area is 104 Å². The molecular formula is C10H5F2IN2O. The van der Waals surface area contributed by atoms with Gasteiger partial charge >= 0.3 is 6.01 Å². The summed E-state index contributed by atoms with van der Waals surface area (Å²) in [5, 5.41) is 0. The molecule has 2 rings (SSSR count). The molecule has 3 nitrogen and oxygen atoms in total. The van der Waals surface area contributed by atoms with Crippen molar-refractivity contribution in [2.75, 3.05) is 0 Å². The average Bonchev–Trinajstić information content (AvgIpc) is 2.25. The van der Waals surface area contributed by atoms with Crippen LogP contribution in [0.3, 0.4) is 0 Å². The standard InChI is InChI=1S/C10H5F2IN2O/c11-6-1-2-9(8(12)3-6)16-10-14-4-7(13)5-15-10/h1-5H. The van der Waals surface area contributed by atoms with Crippen LogP contribution in [0.4, 0.5) is 8.78 Å². The molecule has 0 atom stereocenters. The molecule has 0 aliphatic carbocycles. The fourth-order valence-corrected chi connectivity index (χ4v) is 1.29. The highest BCUT2D eigenvalue weighted by Crippen LogP contribution is 2.22. The molecule has 0 saturated carbocycles. The third-order valence-electron chi connectivity index (χ3n) is 1.69. The first kappa shape index (κ1) is 11.2. The number of hydrogen-bond acceptors (Lipinski definition) is 3. The fourth-order valence-electron chi connectivity index (χ4n) is 1.01. The number of rotatable bonds is 2. The second-order valence-corrected chi connectivity index (χ2v) is 4.11. The van der Waals surface area contributed by atoms with Gasteiger partial charge in [0.1, 0.15) is 5.82 Å². The smallest absolute Gasteiger partial charge is 0.322 e. The minimum atomic E-state index is -0.790. The summed E-state index contributed by atoms with van der Waals surface area (Å²) in [4.78, 5) is 7.67. The molecule has 0 spiro atoms. The van der Waals surface area contributed by atoms with E-state index in [-0.39, 0.29) is 11.8 Å².